The number of aromatic nitrogens is 1. The highest BCUT2D eigenvalue weighted by Gasteiger charge is 2.47. The number of aryl methyl sites for hydroxylation is 1. The Kier molecular flexibility index (Phi) is 4.70. The maximum absolute atomic E-state index is 13.5. The lowest BCUT2D eigenvalue weighted by Gasteiger charge is -2.29. The van der Waals surface area contributed by atoms with Crippen molar-refractivity contribution in [2.24, 2.45) is 11.8 Å². The highest BCUT2D eigenvalue weighted by atomic mass is 79.9. The van der Waals surface area contributed by atoms with Crippen LogP contribution in [-0.4, -0.2) is 29.5 Å². The molecule has 1 saturated carbocycles. The number of carbonyl (C=O) groups excluding carboxylic acids is 1. The van der Waals surface area contributed by atoms with Gasteiger partial charge in [-0.15, -0.1) is 0 Å². The fourth-order valence-corrected chi connectivity index (χ4v) is 4.90. The smallest absolute Gasteiger partial charge is 0.252 e. The van der Waals surface area contributed by atoms with E-state index < -0.39 is 0 Å². The third kappa shape index (κ3) is 3.72. The van der Waals surface area contributed by atoms with Gasteiger partial charge in [-0.25, -0.2) is 9.37 Å². The van der Waals surface area contributed by atoms with Crippen molar-refractivity contribution < 1.29 is 9.18 Å². The number of anilines is 1. The summed E-state index contributed by atoms with van der Waals surface area (Å²) in [5, 5.41) is 3.18. The Labute approximate surface area is 167 Å². The van der Waals surface area contributed by atoms with Gasteiger partial charge in [-0.1, -0.05) is 6.07 Å². The van der Waals surface area contributed by atoms with E-state index in [0.29, 0.717) is 17.4 Å². The first kappa shape index (κ1) is 18.4. The molecule has 2 aromatic rings. The van der Waals surface area contributed by atoms with Gasteiger partial charge in [0.1, 0.15) is 11.6 Å². The monoisotopic (exact) mass is 431 g/mol. The van der Waals surface area contributed by atoms with Crippen LogP contribution in [0.1, 0.15) is 35.7 Å². The molecule has 2 unspecified atom stereocenters. The van der Waals surface area contributed by atoms with Crippen molar-refractivity contribution in [1.29, 1.82) is 0 Å². The van der Waals surface area contributed by atoms with E-state index in [1.807, 2.05) is 25.3 Å². The molecule has 4 nitrogen and oxygen atoms in total. The second-order valence-electron chi connectivity index (χ2n) is 8.14. The molecular formula is C21H23BrFN3O. The Balaban J connectivity index is 1.42. The molecule has 0 bridgehead atoms. The average molecular weight is 432 g/mol. The van der Waals surface area contributed by atoms with Crippen molar-refractivity contribution in [3.05, 3.63) is 57.9 Å². The zero-order chi connectivity index (χ0) is 19.2. The first-order valence-electron chi connectivity index (χ1n) is 9.28. The van der Waals surface area contributed by atoms with E-state index in [9.17, 15) is 9.18 Å². The predicted molar refractivity (Wildman–Crippen MR) is 107 cm³/mol. The molecule has 1 N–H and O–H groups in total. The minimum atomic E-state index is -0.378. The van der Waals surface area contributed by atoms with Crippen LogP contribution in [0.3, 0.4) is 0 Å². The molecule has 0 spiro atoms. The summed E-state index contributed by atoms with van der Waals surface area (Å²) in [6.07, 6.45) is 3.70. The highest BCUT2D eigenvalue weighted by molar-refractivity contribution is 9.10. The molecule has 0 radical (unpaired) electrons. The largest absolute Gasteiger partial charge is 0.356 e. The van der Waals surface area contributed by atoms with E-state index in [4.69, 9.17) is 0 Å². The van der Waals surface area contributed by atoms with Crippen LogP contribution in [-0.2, 0) is 0 Å². The lowest BCUT2D eigenvalue weighted by molar-refractivity contribution is 0.0903. The molecule has 1 saturated heterocycles. The Morgan fingerprint density at radius 1 is 1.26 bits per heavy atom. The van der Waals surface area contributed by atoms with E-state index in [2.05, 4.69) is 38.1 Å². The third-order valence-corrected chi connectivity index (χ3v) is 6.37. The molecule has 1 aliphatic carbocycles. The SMILES string of the molecule is Cc1ccc(F)cc1C(=O)NC1(C)CC2CN(c3ccc(Br)cn3)CC2C1. The topological polar surface area (TPSA) is 45.2 Å². The Morgan fingerprint density at radius 2 is 1.96 bits per heavy atom. The summed E-state index contributed by atoms with van der Waals surface area (Å²) in [5.74, 6) is 1.52. The zero-order valence-electron chi connectivity index (χ0n) is 15.5. The van der Waals surface area contributed by atoms with Crippen molar-refractivity contribution in [2.75, 3.05) is 18.0 Å². The fraction of sp³-hybridized carbons (Fsp3) is 0.429. The van der Waals surface area contributed by atoms with Crippen molar-refractivity contribution >= 4 is 27.7 Å². The van der Waals surface area contributed by atoms with Crippen LogP contribution >= 0.6 is 15.9 Å². The predicted octanol–water partition coefficient (Wildman–Crippen LogP) is 4.33. The quantitative estimate of drug-likeness (QED) is 0.786. The molecule has 27 heavy (non-hydrogen) atoms. The average Bonchev–Trinajstić information content (AvgIpc) is 3.12. The van der Waals surface area contributed by atoms with Crippen molar-refractivity contribution in [1.82, 2.24) is 10.3 Å². The van der Waals surface area contributed by atoms with Gasteiger partial charge in [0.05, 0.1) is 0 Å². The maximum Gasteiger partial charge on any atom is 0.252 e. The van der Waals surface area contributed by atoms with Crippen molar-refractivity contribution in [3.63, 3.8) is 0 Å². The first-order valence-corrected chi connectivity index (χ1v) is 10.1. The number of benzene rings is 1. The number of hydrogen-bond acceptors (Lipinski definition) is 3. The third-order valence-electron chi connectivity index (χ3n) is 5.90. The minimum Gasteiger partial charge on any atom is -0.356 e. The van der Waals surface area contributed by atoms with Crippen LogP contribution in [0, 0.1) is 24.6 Å². The van der Waals surface area contributed by atoms with Crippen LogP contribution in [0.15, 0.2) is 41.0 Å². The summed E-state index contributed by atoms with van der Waals surface area (Å²) in [6, 6.07) is 8.42. The van der Waals surface area contributed by atoms with Gasteiger partial charge >= 0.3 is 0 Å². The van der Waals surface area contributed by atoms with Crippen LogP contribution in [0.2, 0.25) is 0 Å². The lowest BCUT2D eigenvalue weighted by atomic mass is 9.96. The number of pyridine rings is 1. The number of amides is 1. The van der Waals surface area contributed by atoms with Gasteiger partial charge in [0.15, 0.2) is 0 Å². The number of rotatable bonds is 3. The molecule has 1 aromatic carbocycles. The van der Waals surface area contributed by atoms with Gasteiger partial charge in [0, 0.05) is 34.9 Å². The van der Waals surface area contributed by atoms with E-state index in [1.165, 1.54) is 12.1 Å². The number of fused-ring (bicyclic) bond motifs is 1. The summed E-state index contributed by atoms with van der Waals surface area (Å²) >= 11 is 3.42. The molecule has 2 fully saturated rings. The van der Waals surface area contributed by atoms with Crippen LogP contribution < -0.4 is 10.2 Å². The molecule has 1 aliphatic heterocycles. The molecule has 2 aliphatic rings. The van der Waals surface area contributed by atoms with Crippen LogP contribution in [0.25, 0.3) is 0 Å². The number of halogens is 2. The summed E-state index contributed by atoms with van der Waals surface area (Å²) in [7, 11) is 0. The molecule has 2 heterocycles. The molecule has 4 rings (SSSR count). The standard InChI is InChI=1S/C21H23BrFN3O/c1-13-3-5-17(23)7-18(13)20(27)25-21(2)8-14-11-26(12-15(14)9-21)19-6-4-16(22)10-24-19/h3-7,10,14-15H,8-9,11-12H2,1-2H3,(H,25,27). The molecule has 6 heteroatoms. The summed E-state index contributed by atoms with van der Waals surface area (Å²) in [5.41, 5.74) is 0.974. The van der Waals surface area contributed by atoms with Gasteiger partial charge in [-0.3, -0.25) is 4.79 Å². The summed E-state index contributed by atoms with van der Waals surface area (Å²) in [6.45, 7) is 5.87. The Morgan fingerprint density at radius 3 is 2.59 bits per heavy atom. The second kappa shape index (κ2) is 6.89. The molecule has 1 aromatic heterocycles. The Hall–Kier alpha value is -1.95. The number of nitrogens with zero attached hydrogens (tertiary/aromatic N) is 2. The van der Waals surface area contributed by atoms with Crippen LogP contribution in [0.4, 0.5) is 10.2 Å². The number of nitrogens with one attached hydrogen (secondary N) is 1. The molecule has 142 valence electrons. The lowest BCUT2D eigenvalue weighted by Crippen LogP contribution is -2.45. The fourth-order valence-electron chi connectivity index (χ4n) is 4.67. The van der Waals surface area contributed by atoms with Crippen molar-refractivity contribution in [2.45, 2.75) is 32.2 Å². The van der Waals surface area contributed by atoms with Gasteiger partial charge in [0.25, 0.3) is 5.91 Å². The van der Waals surface area contributed by atoms with E-state index in [0.717, 1.165) is 41.8 Å². The normalized spacial score (nSPS) is 26.9. The van der Waals surface area contributed by atoms with Gasteiger partial charge < -0.3 is 10.2 Å². The molecule has 2 atom stereocenters. The number of hydrogen-bond donors (Lipinski definition) is 1. The van der Waals surface area contributed by atoms with E-state index in [1.54, 1.807) is 6.07 Å². The Bertz CT molecular complexity index is 856. The van der Waals surface area contributed by atoms with E-state index in [-0.39, 0.29) is 17.3 Å². The second-order valence-corrected chi connectivity index (χ2v) is 9.06. The molecular weight excluding hydrogens is 409 g/mol. The summed E-state index contributed by atoms with van der Waals surface area (Å²) < 4.78 is 14.5. The van der Waals surface area contributed by atoms with Gasteiger partial charge in [-0.05, 0) is 84.3 Å². The van der Waals surface area contributed by atoms with Gasteiger partial charge in [-0.2, -0.15) is 0 Å². The summed E-state index contributed by atoms with van der Waals surface area (Å²) in [4.78, 5) is 19.6. The van der Waals surface area contributed by atoms with E-state index >= 15 is 0 Å². The first-order chi connectivity index (χ1) is 12.8. The maximum atomic E-state index is 13.5. The zero-order valence-corrected chi connectivity index (χ0v) is 17.1. The minimum absolute atomic E-state index is 0.180. The highest BCUT2D eigenvalue weighted by Crippen LogP contribution is 2.44. The molecule has 1 amide bonds. The number of carbonyl (C=O) groups is 1. The van der Waals surface area contributed by atoms with Gasteiger partial charge in [0.2, 0.25) is 0 Å². The van der Waals surface area contributed by atoms with Crippen LogP contribution in [0.5, 0.6) is 0 Å². The van der Waals surface area contributed by atoms with Crippen molar-refractivity contribution in [3.8, 4) is 0 Å².